The molecule has 0 aliphatic carbocycles. The lowest BCUT2D eigenvalue weighted by atomic mass is 9.81. The van der Waals surface area contributed by atoms with Crippen LogP contribution in [-0.2, 0) is 22.5 Å². The van der Waals surface area contributed by atoms with Gasteiger partial charge >= 0.3 is 0 Å². The van der Waals surface area contributed by atoms with E-state index in [4.69, 9.17) is 9.47 Å². The van der Waals surface area contributed by atoms with Gasteiger partial charge in [0.2, 0.25) is 5.91 Å². The van der Waals surface area contributed by atoms with E-state index < -0.39 is 5.41 Å². The third-order valence-electron chi connectivity index (χ3n) is 8.16. The zero-order chi connectivity index (χ0) is 31.7. The molecule has 1 aliphatic heterocycles. The lowest BCUT2D eigenvalue weighted by Crippen LogP contribution is -2.37. The number of carbonyl (C=O) groups is 2. The molecule has 1 aliphatic rings. The van der Waals surface area contributed by atoms with Gasteiger partial charge in [0.15, 0.2) is 5.75 Å². The predicted octanol–water partition coefficient (Wildman–Crippen LogP) is 8.35. The highest BCUT2D eigenvalue weighted by molar-refractivity contribution is 9.10. The minimum Gasteiger partial charge on any atom is -0.492 e. The van der Waals surface area contributed by atoms with E-state index in [9.17, 15) is 9.59 Å². The number of anilines is 1. The minimum absolute atomic E-state index is 0.0583. The van der Waals surface area contributed by atoms with E-state index in [0.29, 0.717) is 48.1 Å². The number of hydrogen-bond donors (Lipinski definition) is 1. The molecule has 5 aromatic rings. The standard InChI is InChI=1S/C36H34BrN3O4S/c1-5-43-32-25-14-10-18-38-31(25)33(44-6-2)26-20-40(34(41)30(26)32)29-17-16-22(19-28(29)37)21-45-39-35(42)36(3,4)27-15-9-12-23-11-7-8-13-24(23)27/h7-19H,5-6,20-21H2,1-4H3,(H,39,42). The maximum absolute atomic E-state index is 14.0. The molecule has 4 aromatic carbocycles. The molecule has 45 heavy (non-hydrogen) atoms. The van der Waals surface area contributed by atoms with Crippen molar-refractivity contribution < 1.29 is 19.1 Å². The van der Waals surface area contributed by atoms with Crippen LogP contribution in [0.25, 0.3) is 21.7 Å². The van der Waals surface area contributed by atoms with E-state index >= 15 is 0 Å². The van der Waals surface area contributed by atoms with Crippen LogP contribution in [0.4, 0.5) is 5.69 Å². The van der Waals surface area contributed by atoms with Gasteiger partial charge in [-0.15, -0.1) is 0 Å². The summed E-state index contributed by atoms with van der Waals surface area (Å²) in [6.07, 6.45) is 1.72. The number of benzene rings is 4. The molecular weight excluding hydrogens is 650 g/mol. The van der Waals surface area contributed by atoms with Gasteiger partial charge in [0.05, 0.1) is 36.4 Å². The molecule has 0 atom stereocenters. The number of pyridine rings is 1. The van der Waals surface area contributed by atoms with Crippen molar-refractivity contribution in [3.63, 3.8) is 0 Å². The van der Waals surface area contributed by atoms with Crippen LogP contribution in [0, 0.1) is 0 Å². The Balaban J connectivity index is 1.20. The van der Waals surface area contributed by atoms with Crippen molar-refractivity contribution in [2.24, 2.45) is 0 Å². The van der Waals surface area contributed by atoms with Crippen LogP contribution in [0.2, 0.25) is 0 Å². The van der Waals surface area contributed by atoms with E-state index in [1.807, 2.05) is 82.3 Å². The smallest absolute Gasteiger partial charge is 0.262 e. The molecule has 1 N–H and O–H groups in total. The van der Waals surface area contributed by atoms with E-state index in [1.165, 1.54) is 11.9 Å². The number of carbonyl (C=O) groups excluding carboxylic acids is 2. The summed E-state index contributed by atoms with van der Waals surface area (Å²) in [4.78, 5) is 33.7. The summed E-state index contributed by atoms with van der Waals surface area (Å²) in [6, 6.07) is 23.9. The Labute approximate surface area is 275 Å². The van der Waals surface area contributed by atoms with Crippen molar-refractivity contribution in [2.45, 2.75) is 45.4 Å². The number of nitrogens with one attached hydrogen (secondary N) is 1. The fourth-order valence-corrected chi connectivity index (χ4v) is 7.34. The number of aromatic nitrogens is 1. The Morgan fingerprint density at radius 2 is 1.71 bits per heavy atom. The first kappa shape index (κ1) is 30.9. The lowest BCUT2D eigenvalue weighted by molar-refractivity contribution is -0.123. The zero-order valence-corrected chi connectivity index (χ0v) is 28.1. The monoisotopic (exact) mass is 683 g/mol. The van der Waals surface area contributed by atoms with Crippen molar-refractivity contribution in [3.8, 4) is 11.5 Å². The van der Waals surface area contributed by atoms with Gasteiger partial charge in [-0.05, 0) is 102 Å². The Kier molecular flexibility index (Phi) is 8.75. The second kappa shape index (κ2) is 12.7. The Morgan fingerprint density at radius 3 is 2.49 bits per heavy atom. The fraction of sp³-hybridized carbons (Fsp3) is 0.250. The number of halogens is 1. The first-order chi connectivity index (χ1) is 21.8. The highest BCUT2D eigenvalue weighted by Crippen LogP contribution is 2.46. The molecule has 0 spiro atoms. The van der Waals surface area contributed by atoms with Gasteiger partial charge < -0.3 is 14.4 Å². The third-order valence-corrected chi connectivity index (χ3v) is 9.60. The second-order valence-electron chi connectivity index (χ2n) is 11.3. The Morgan fingerprint density at radius 1 is 0.978 bits per heavy atom. The van der Waals surface area contributed by atoms with E-state index in [0.717, 1.165) is 43.0 Å². The maximum Gasteiger partial charge on any atom is 0.262 e. The van der Waals surface area contributed by atoms with E-state index in [2.05, 4.69) is 43.8 Å². The summed E-state index contributed by atoms with van der Waals surface area (Å²) in [5.74, 6) is 1.51. The summed E-state index contributed by atoms with van der Waals surface area (Å²) in [5, 5.41) is 2.95. The Hall–Kier alpha value is -4.08. The largest absolute Gasteiger partial charge is 0.492 e. The third kappa shape index (κ3) is 5.64. The van der Waals surface area contributed by atoms with Crippen LogP contribution >= 0.6 is 27.9 Å². The number of rotatable bonds is 10. The minimum atomic E-state index is -0.718. The molecule has 0 radical (unpaired) electrons. The highest BCUT2D eigenvalue weighted by Gasteiger charge is 2.38. The number of hydrogen-bond acceptors (Lipinski definition) is 6. The molecule has 230 valence electrons. The van der Waals surface area contributed by atoms with Crippen molar-refractivity contribution in [1.29, 1.82) is 0 Å². The summed E-state index contributed by atoms with van der Waals surface area (Å²) < 4.78 is 16.0. The molecule has 0 fully saturated rings. The van der Waals surface area contributed by atoms with Crippen LogP contribution in [-0.4, -0.2) is 30.0 Å². The number of ether oxygens (including phenoxy) is 2. The molecule has 6 rings (SSSR count). The summed E-state index contributed by atoms with van der Waals surface area (Å²) in [7, 11) is 0. The van der Waals surface area contributed by atoms with Crippen molar-refractivity contribution in [3.05, 3.63) is 106 Å². The average molecular weight is 685 g/mol. The van der Waals surface area contributed by atoms with Gasteiger partial charge in [0.1, 0.15) is 11.3 Å². The first-order valence-corrected chi connectivity index (χ1v) is 16.7. The molecule has 2 amide bonds. The molecule has 2 heterocycles. The number of amides is 2. The van der Waals surface area contributed by atoms with Gasteiger partial charge in [-0.2, -0.15) is 0 Å². The summed E-state index contributed by atoms with van der Waals surface area (Å²) in [5.41, 5.74) is 4.00. The zero-order valence-electron chi connectivity index (χ0n) is 25.6. The van der Waals surface area contributed by atoms with Gasteiger partial charge in [-0.25, -0.2) is 0 Å². The van der Waals surface area contributed by atoms with Crippen molar-refractivity contribution in [1.82, 2.24) is 9.71 Å². The lowest BCUT2D eigenvalue weighted by Gasteiger charge is -2.25. The number of nitrogens with zero attached hydrogens (tertiary/aromatic N) is 2. The molecule has 0 saturated carbocycles. The van der Waals surface area contributed by atoms with E-state index in [-0.39, 0.29) is 11.8 Å². The predicted molar refractivity (Wildman–Crippen MR) is 185 cm³/mol. The average Bonchev–Trinajstić information content (AvgIpc) is 3.38. The maximum atomic E-state index is 14.0. The first-order valence-electron chi connectivity index (χ1n) is 15.0. The van der Waals surface area contributed by atoms with Gasteiger partial charge in [0, 0.05) is 27.4 Å². The fourth-order valence-electron chi connectivity index (χ4n) is 5.89. The van der Waals surface area contributed by atoms with Gasteiger partial charge in [0.25, 0.3) is 5.91 Å². The summed E-state index contributed by atoms with van der Waals surface area (Å²) in [6.45, 7) is 8.94. The molecular formula is C36H34BrN3O4S. The second-order valence-corrected chi connectivity index (χ2v) is 13.0. The molecule has 7 nitrogen and oxygen atoms in total. The van der Waals surface area contributed by atoms with Crippen LogP contribution < -0.4 is 19.1 Å². The molecule has 0 unspecified atom stereocenters. The van der Waals surface area contributed by atoms with Crippen LogP contribution in [0.1, 0.15) is 54.7 Å². The van der Waals surface area contributed by atoms with Crippen LogP contribution in [0.3, 0.4) is 0 Å². The van der Waals surface area contributed by atoms with Crippen molar-refractivity contribution in [2.75, 3.05) is 18.1 Å². The molecule has 1 aromatic heterocycles. The highest BCUT2D eigenvalue weighted by atomic mass is 79.9. The van der Waals surface area contributed by atoms with E-state index in [1.54, 1.807) is 11.1 Å². The normalized spacial score (nSPS) is 12.9. The topological polar surface area (TPSA) is 80.8 Å². The Bertz CT molecular complexity index is 1940. The molecule has 9 heteroatoms. The van der Waals surface area contributed by atoms with Gasteiger partial charge in [-0.3, -0.25) is 19.3 Å². The molecule has 0 bridgehead atoms. The van der Waals surface area contributed by atoms with Crippen molar-refractivity contribution >= 4 is 67.1 Å². The molecule has 0 saturated heterocycles. The SMILES string of the molecule is CCOc1c2c(c(OCC)c3ncccc13)CN(c1ccc(CSNC(=O)C(C)(C)c3cccc4ccccc34)cc1Br)C2=O. The van der Waals surface area contributed by atoms with Crippen LogP contribution in [0.15, 0.2) is 83.5 Å². The summed E-state index contributed by atoms with van der Waals surface area (Å²) >= 11 is 5.07. The van der Waals surface area contributed by atoms with Gasteiger partial charge in [-0.1, -0.05) is 48.5 Å². The van der Waals surface area contributed by atoms with Crippen LogP contribution in [0.5, 0.6) is 11.5 Å². The quantitative estimate of drug-likeness (QED) is 0.149. The number of fused-ring (bicyclic) bond motifs is 3.